The molecule has 3 unspecified atom stereocenters. The van der Waals surface area contributed by atoms with Gasteiger partial charge in [-0.2, -0.15) is 12.6 Å². The van der Waals surface area contributed by atoms with Crippen LogP contribution in [0.2, 0.25) is 0 Å². The lowest BCUT2D eigenvalue weighted by Crippen LogP contribution is -2.48. The smallest absolute Gasteiger partial charge is 0.318 e. The van der Waals surface area contributed by atoms with Gasteiger partial charge in [-0.3, -0.25) is 4.79 Å². The summed E-state index contributed by atoms with van der Waals surface area (Å²) >= 11 is 4.35. The van der Waals surface area contributed by atoms with Crippen molar-refractivity contribution in [2.45, 2.75) is 102 Å². The zero-order valence-electron chi connectivity index (χ0n) is 16.5. The summed E-state index contributed by atoms with van der Waals surface area (Å²) in [6, 6.07) is 0. The number of aliphatic hydroxyl groups is 2. The predicted octanol–water partition coefficient (Wildman–Crippen LogP) is 2.70. The Hall–Kier alpha value is -0.340. The van der Waals surface area contributed by atoms with E-state index >= 15 is 0 Å². The van der Waals surface area contributed by atoms with E-state index in [1.807, 2.05) is 6.92 Å². The van der Waals surface area contributed by atoms with Crippen LogP contribution in [0.4, 0.5) is 0 Å². The highest BCUT2D eigenvalue weighted by molar-refractivity contribution is 7.81. The molecule has 0 aromatic rings. The Kier molecular flexibility index (Phi) is 11.1. The van der Waals surface area contributed by atoms with Crippen LogP contribution in [-0.2, 0) is 19.0 Å². The van der Waals surface area contributed by atoms with Crippen LogP contribution >= 0.6 is 12.6 Å². The quantitative estimate of drug-likeness (QED) is 0.370. The molecule has 6 atom stereocenters. The molecule has 0 aromatic carbocycles. The Balaban J connectivity index is 2.24. The predicted molar refractivity (Wildman–Crippen MR) is 103 cm³/mol. The Bertz CT molecular complexity index is 403. The van der Waals surface area contributed by atoms with E-state index in [0.717, 1.165) is 25.7 Å². The van der Waals surface area contributed by atoms with E-state index in [1.165, 1.54) is 0 Å². The third-order valence-electron chi connectivity index (χ3n) is 5.03. The van der Waals surface area contributed by atoms with Crippen LogP contribution in [0.5, 0.6) is 0 Å². The molecule has 1 rings (SSSR count). The van der Waals surface area contributed by atoms with Gasteiger partial charge in [-0.1, -0.05) is 26.7 Å². The monoisotopic (exact) mass is 392 g/mol. The number of aliphatic hydroxyl groups excluding tert-OH is 2. The Morgan fingerprint density at radius 2 is 1.88 bits per heavy atom. The topological polar surface area (TPSA) is 85.2 Å². The number of ether oxygens (including phenoxy) is 3. The van der Waals surface area contributed by atoms with Gasteiger partial charge in [0.15, 0.2) is 6.29 Å². The maximum Gasteiger partial charge on any atom is 0.318 e. The normalized spacial score (nSPS) is 28.8. The molecule has 2 N–H and O–H groups in total. The summed E-state index contributed by atoms with van der Waals surface area (Å²) in [7, 11) is 0. The van der Waals surface area contributed by atoms with Crippen LogP contribution in [0.15, 0.2) is 0 Å². The molecule has 154 valence electrons. The van der Waals surface area contributed by atoms with Gasteiger partial charge in [0, 0.05) is 6.42 Å². The number of rotatable bonds is 11. The first-order chi connectivity index (χ1) is 12.3. The van der Waals surface area contributed by atoms with Crippen molar-refractivity contribution in [1.82, 2.24) is 0 Å². The van der Waals surface area contributed by atoms with Crippen molar-refractivity contribution in [2.24, 2.45) is 5.92 Å². The van der Waals surface area contributed by atoms with Gasteiger partial charge in [-0.25, -0.2) is 0 Å². The number of hydrogen-bond acceptors (Lipinski definition) is 7. The van der Waals surface area contributed by atoms with Crippen molar-refractivity contribution >= 4 is 18.6 Å². The summed E-state index contributed by atoms with van der Waals surface area (Å²) in [5.41, 5.74) is 0. The largest absolute Gasteiger partial charge is 0.465 e. The number of thiol groups is 1. The molecule has 0 spiro atoms. The molecule has 1 fully saturated rings. The fourth-order valence-electron chi connectivity index (χ4n) is 2.90. The van der Waals surface area contributed by atoms with Gasteiger partial charge in [0.2, 0.25) is 0 Å². The fraction of sp³-hybridized carbons (Fsp3) is 0.947. The average molecular weight is 393 g/mol. The Morgan fingerprint density at radius 3 is 2.50 bits per heavy atom. The molecule has 0 bridgehead atoms. The van der Waals surface area contributed by atoms with Gasteiger partial charge in [-0.15, -0.1) is 0 Å². The molecule has 1 heterocycles. The number of hydrogen-bond donors (Lipinski definition) is 3. The number of carbonyl (C=O) groups is 1. The highest BCUT2D eigenvalue weighted by atomic mass is 32.1. The summed E-state index contributed by atoms with van der Waals surface area (Å²) in [4.78, 5) is 12.0. The minimum atomic E-state index is -0.832. The first-order valence-corrected chi connectivity index (χ1v) is 10.3. The summed E-state index contributed by atoms with van der Waals surface area (Å²) in [5.74, 6) is 0.151. The minimum absolute atomic E-state index is 0.127. The van der Waals surface area contributed by atoms with Gasteiger partial charge >= 0.3 is 5.97 Å². The molecule has 0 aromatic heterocycles. The zero-order chi connectivity index (χ0) is 19.7. The van der Waals surface area contributed by atoms with E-state index in [4.69, 9.17) is 14.2 Å². The van der Waals surface area contributed by atoms with E-state index in [9.17, 15) is 15.0 Å². The van der Waals surface area contributed by atoms with Gasteiger partial charge in [-0.05, 0) is 39.0 Å². The van der Waals surface area contributed by atoms with Gasteiger partial charge in [0.05, 0.1) is 30.2 Å². The van der Waals surface area contributed by atoms with Crippen LogP contribution in [-0.4, -0.2) is 58.7 Å². The molecule has 1 aliphatic heterocycles. The van der Waals surface area contributed by atoms with E-state index in [1.54, 1.807) is 6.92 Å². The molecule has 1 saturated heterocycles. The van der Waals surface area contributed by atoms with Crippen LogP contribution in [0.25, 0.3) is 0 Å². The van der Waals surface area contributed by atoms with Crippen molar-refractivity contribution in [3.05, 3.63) is 0 Å². The Labute approximate surface area is 163 Å². The molecule has 0 amide bonds. The lowest BCUT2D eigenvalue weighted by molar-refractivity contribution is -0.273. The molecule has 6 nitrogen and oxygen atoms in total. The molecule has 1 aliphatic rings. The van der Waals surface area contributed by atoms with Crippen LogP contribution < -0.4 is 0 Å². The molecule has 26 heavy (non-hydrogen) atoms. The van der Waals surface area contributed by atoms with Gasteiger partial charge in [0.1, 0.15) is 6.10 Å². The van der Waals surface area contributed by atoms with Crippen molar-refractivity contribution in [1.29, 1.82) is 0 Å². The molecule has 0 radical (unpaired) electrons. The first-order valence-electron chi connectivity index (χ1n) is 9.80. The Morgan fingerprint density at radius 1 is 1.23 bits per heavy atom. The minimum Gasteiger partial charge on any atom is -0.465 e. The second-order valence-corrected chi connectivity index (χ2v) is 7.91. The van der Waals surface area contributed by atoms with Gasteiger partial charge in [0.25, 0.3) is 0 Å². The maximum atomic E-state index is 12.0. The van der Waals surface area contributed by atoms with Crippen molar-refractivity contribution in [3.63, 3.8) is 0 Å². The second kappa shape index (κ2) is 12.2. The second-order valence-electron chi connectivity index (χ2n) is 7.29. The summed E-state index contributed by atoms with van der Waals surface area (Å²) in [6.45, 7) is 8.32. The lowest BCUT2D eigenvalue weighted by Gasteiger charge is -2.36. The van der Waals surface area contributed by atoms with E-state index in [-0.39, 0.29) is 24.6 Å². The third-order valence-corrected chi connectivity index (χ3v) is 5.50. The summed E-state index contributed by atoms with van der Waals surface area (Å²) in [5, 5.41) is 19.2. The van der Waals surface area contributed by atoms with E-state index in [0.29, 0.717) is 18.9 Å². The zero-order valence-corrected chi connectivity index (χ0v) is 17.4. The number of carbonyl (C=O) groups excluding carboxylic acids is 1. The fourth-order valence-corrected chi connectivity index (χ4v) is 3.16. The molecule has 0 saturated carbocycles. The van der Waals surface area contributed by atoms with Crippen LogP contribution in [0.1, 0.15) is 66.2 Å². The van der Waals surface area contributed by atoms with E-state index < -0.39 is 23.7 Å². The molecular formula is C19H36O6S. The molecule has 0 aliphatic carbocycles. The van der Waals surface area contributed by atoms with E-state index in [2.05, 4.69) is 26.5 Å². The van der Waals surface area contributed by atoms with Crippen molar-refractivity contribution < 1.29 is 29.2 Å². The van der Waals surface area contributed by atoms with Crippen molar-refractivity contribution in [3.8, 4) is 0 Å². The number of esters is 1. The lowest BCUT2D eigenvalue weighted by atomic mass is 10.0. The maximum absolute atomic E-state index is 12.0. The van der Waals surface area contributed by atoms with Gasteiger partial charge < -0.3 is 24.4 Å². The first kappa shape index (κ1) is 23.7. The summed E-state index contributed by atoms with van der Waals surface area (Å²) in [6.07, 6.45) is 1.64. The average Bonchev–Trinajstić information content (AvgIpc) is 2.60. The molecule has 7 heteroatoms. The standard InChI is InChI=1S/C19H36O6S/c1-5-14(6-2)11-23-18(22)17(26)9-7-8-12(3)24-19-16(21)10-15(20)13(4)25-19/h12-17,19-21,26H,5-11H2,1-4H3/t12-,13+,15?,16-,17?,19?/m1/s1. The van der Waals surface area contributed by atoms with Crippen LogP contribution in [0, 0.1) is 5.92 Å². The highest BCUT2D eigenvalue weighted by Gasteiger charge is 2.35. The molecular weight excluding hydrogens is 356 g/mol. The summed E-state index contributed by atoms with van der Waals surface area (Å²) < 4.78 is 16.6. The van der Waals surface area contributed by atoms with Crippen molar-refractivity contribution in [2.75, 3.05) is 6.61 Å². The van der Waals surface area contributed by atoms with Crippen LogP contribution in [0.3, 0.4) is 0 Å². The third kappa shape index (κ3) is 8.13. The highest BCUT2D eigenvalue weighted by Crippen LogP contribution is 2.23. The SMILES string of the molecule is CCC(CC)COC(=O)C(S)CCC[C@@H](C)OC1O[C@@H](C)C(O)C[C@H]1O.